The highest BCUT2D eigenvalue weighted by atomic mass is 16.4. The highest BCUT2D eigenvalue weighted by Crippen LogP contribution is 2.19. The molecule has 0 atom stereocenters. The van der Waals surface area contributed by atoms with Gasteiger partial charge in [-0.1, -0.05) is 18.2 Å². The topological polar surface area (TPSA) is 87.2 Å². The number of carboxylic acid groups (broad SMARTS) is 1. The molecule has 2 rings (SSSR count). The molecule has 0 fully saturated rings. The second-order valence-corrected chi connectivity index (χ2v) is 3.58. The van der Waals surface area contributed by atoms with E-state index >= 15 is 0 Å². The molecular formula is C12H9NO4. The summed E-state index contributed by atoms with van der Waals surface area (Å²) in [7, 11) is 0. The first-order valence-corrected chi connectivity index (χ1v) is 4.95. The van der Waals surface area contributed by atoms with Crippen molar-refractivity contribution < 1.29 is 19.5 Å². The van der Waals surface area contributed by atoms with Crippen molar-refractivity contribution in [2.24, 2.45) is 0 Å². The number of carbonyl (C=O) groups excluding carboxylic acids is 2. The lowest BCUT2D eigenvalue weighted by Crippen LogP contribution is -2.16. The molecule has 0 unspecified atom stereocenters. The predicted octanol–water partition coefficient (Wildman–Crippen LogP) is 1.39. The van der Waals surface area contributed by atoms with Crippen LogP contribution in [0.2, 0.25) is 0 Å². The molecule has 0 saturated carbocycles. The monoisotopic (exact) mass is 231 g/mol. The molecule has 5 heteroatoms. The van der Waals surface area contributed by atoms with E-state index < -0.39 is 24.0 Å². The first-order valence-electron chi connectivity index (χ1n) is 4.95. The van der Waals surface area contributed by atoms with Gasteiger partial charge in [0.2, 0.25) is 5.78 Å². The molecule has 0 aliphatic rings. The second-order valence-electron chi connectivity index (χ2n) is 3.58. The van der Waals surface area contributed by atoms with E-state index in [-0.39, 0.29) is 0 Å². The Morgan fingerprint density at radius 2 is 1.88 bits per heavy atom. The van der Waals surface area contributed by atoms with Gasteiger partial charge in [-0.3, -0.25) is 9.59 Å². The zero-order valence-corrected chi connectivity index (χ0v) is 8.77. The quantitative estimate of drug-likeness (QED) is 0.473. The third-order valence-electron chi connectivity index (χ3n) is 2.45. The molecule has 0 spiro atoms. The number of rotatable bonds is 4. The molecule has 0 saturated heterocycles. The Balaban J connectivity index is 2.31. The number of hydrogen-bond acceptors (Lipinski definition) is 3. The molecule has 2 N–H and O–H groups in total. The highest BCUT2D eigenvalue weighted by molar-refractivity contribution is 6.37. The molecule has 86 valence electrons. The summed E-state index contributed by atoms with van der Waals surface area (Å²) in [6, 6.07) is 7.12. The summed E-state index contributed by atoms with van der Waals surface area (Å²) >= 11 is 0. The summed E-state index contributed by atoms with van der Waals surface area (Å²) in [4.78, 5) is 35.9. The Bertz CT molecular complexity index is 612. The van der Waals surface area contributed by atoms with Crippen molar-refractivity contribution in [3.05, 3.63) is 36.0 Å². The van der Waals surface area contributed by atoms with Crippen LogP contribution in [0.25, 0.3) is 10.9 Å². The first kappa shape index (κ1) is 11.1. The average Bonchev–Trinajstić information content (AvgIpc) is 2.72. The molecular weight excluding hydrogens is 222 g/mol. The van der Waals surface area contributed by atoms with Crippen molar-refractivity contribution in [1.82, 2.24) is 4.98 Å². The zero-order valence-electron chi connectivity index (χ0n) is 8.77. The summed E-state index contributed by atoms with van der Waals surface area (Å²) in [6.07, 6.45) is 0.874. The molecule has 2 aromatic rings. The lowest BCUT2D eigenvalue weighted by Gasteiger charge is -1.96. The number of carboxylic acids is 1. The number of Topliss-reactive ketones (excluding diaryl/α,β-unsaturated/α-hetero) is 2. The smallest absolute Gasteiger partial charge is 0.372 e. The Hall–Kier alpha value is -2.43. The summed E-state index contributed by atoms with van der Waals surface area (Å²) in [6.45, 7) is 0. The minimum atomic E-state index is -1.59. The van der Waals surface area contributed by atoms with Gasteiger partial charge in [-0.25, -0.2) is 4.79 Å². The van der Waals surface area contributed by atoms with Crippen LogP contribution >= 0.6 is 0 Å². The van der Waals surface area contributed by atoms with Gasteiger partial charge in [0.15, 0.2) is 5.78 Å². The highest BCUT2D eigenvalue weighted by Gasteiger charge is 2.19. The minimum absolute atomic E-state index is 0.343. The van der Waals surface area contributed by atoms with Gasteiger partial charge < -0.3 is 10.1 Å². The van der Waals surface area contributed by atoms with Crippen LogP contribution in [0.15, 0.2) is 30.5 Å². The summed E-state index contributed by atoms with van der Waals surface area (Å²) in [5, 5.41) is 9.12. The fourth-order valence-corrected chi connectivity index (χ4v) is 1.62. The van der Waals surface area contributed by atoms with Gasteiger partial charge in [0, 0.05) is 22.7 Å². The maximum atomic E-state index is 11.7. The van der Waals surface area contributed by atoms with Gasteiger partial charge in [0.1, 0.15) is 0 Å². The van der Waals surface area contributed by atoms with Crippen LogP contribution in [0.5, 0.6) is 0 Å². The van der Waals surface area contributed by atoms with Gasteiger partial charge in [-0.05, 0) is 6.07 Å². The lowest BCUT2D eigenvalue weighted by molar-refractivity contribution is -0.148. The second kappa shape index (κ2) is 4.21. The van der Waals surface area contributed by atoms with Crippen LogP contribution in [0.3, 0.4) is 0 Å². The van der Waals surface area contributed by atoms with Crippen molar-refractivity contribution in [2.45, 2.75) is 6.42 Å². The van der Waals surface area contributed by atoms with E-state index in [9.17, 15) is 14.4 Å². The third kappa shape index (κ3) is 2.08. The van der Waals surface area contributed by atoms with E-state index in [4.69, 9.17) is 5.11 Å². The van der Waals surface area contributed by atoms with Crippen molar-refractivity contribution in [2.75, 3.05) is 0 Å². The average molecular weight is 231 g/mol. The van der Waals surface area contributed by atoms with E-state index in [0.717, 1.165) is 5.52 Å². The third-order valence-corrected chi connectivity index (χ3v) is 2.45. The Kier molecular flexibility index (Phi) is 2.74. The number of nitrogens with one attached hydrogen (secondary N) is 1. The normalized spacial score (nSPS) is 10.4. The molecule has 0 aliphatic carbocycles. The van der Waals surface area contributed by atoms with Gasteiger partial charge >= 0.3 is 5.97 Å². The minimum Gasteiger partial charge on any atom is -0.475 e. The molecule has 17 heavy (non-hydrogen) atoms. The number of ketones is 2. The van der Waals surface area contributed by atoms with Crippen LogP contribution in [-0.2, 0) is 9.59 Å². The SMILES string of the molecule is O=C(O)C(=O)CC(=O)c1c[nH]c2ccccc12. The summed E-state index contributed by atoms with van der Waals surface area (Å²) < 4.78 is 0. The van der Waals surface area contributed by atoms with E-state index in [0.29, 0.717) is 10.9 Å². The number of aromatic amines is 1. The van der Waals surface area contributed by atoms with Crippen molar-refractivity contribution in [3.63, 3.8) is 0 Å². The summed E-state index contributed by atoms with van der Waals surface area (Å²) in [5.41, 5.74) is 1.12. The number of H-pyrrole nitrogens is 1. The van der Waals surface area contributed by atoms with E-state index in [1.165, 1.54) is 6.20 Å². The predicted molar refractivity (Wildman–Crippen MR) is 59.9 cm³/mol. The van der Waals surface area contributed by atoms with Gasteiger partial charge in [0.05, 0.1) is 6.42 Å². The summed E-state index contributed by atoms with van der Waals surface area (Å²) in [5.74, 6) is -3.17. The van der Waals surface area contributed by atoms with Gasteiger partial charge in [-0.15, -0.1) is 0 Å². The molecule has 1 aromatic carbocycles. The fraction of sp³-hybridized carbons (Fsp3) is 0.0833. The largest absolute Gasteiger partial charge is 0.475 e. The first-order chi connectivity index (χ1) is 8.09. The lowest BCUT2D eigenvalue weighted by atomic mass is 10.1. The maximum Gasteiger partial charge on any atom is 0.372 e. The molecule has 0 amide bonds. The molecule has 1 heterocycles. The number of para-hydroxylation sites is 1. The van der Waals surface area contributed by atoms with E-state index in [1.807, 2.05) is 6.07 Å². The van der Waals surface area contributed by atoms with Crippen LogP contribution < -0.4 is 0 Å². The zero-order chi connectivity index (χ0) is 12.4. The molecule has 1 aromatic heterocycles. The maximum absolute atomic E-state index is 11.7. The Morgan fingerprint density at radius 1 is 1.18 bits per heavy atom. The molecule has 5 nitrogen and oxygen atoms in total. The van der Waals surface area contributed by atoms with E-state index in [2.05, 4.69) is 4.98 Å². The Labute approximate surface area is 96.1 Å². The van der Waals surface area contributed by atoms with Crippen LogP contribution in [0.1, 0.15) is 16.8 Å². The fourth-order valence-electron chi connectivity index (χ4n) is 1.62. The van der Waals surface area contributed by atoms with Crippen LogP contribution in [0.4, 0.5) is 0 Å². The number of carbonyl (C=O) groups is 3. The molecule has 0 aliphatic heterocycles. The van der Waals surface area contributed by atoms with Gasteiger partial charge in [-0.2, -0.15) is 0 Å². The van der Waals surface area contributed by atoms with Crippen LogP contribution in [-0.4, -0.2) is 27.6 Å². The van der Waals surface area contributed by atoms with E-state index in [1.54, 1.807) is 18.2 Å². The number of aromatic nitrogens is 1. The van der Waals surface area contributed by atoms with Crippen molar-refractivity contribution >= 4 is 28.4 Å². The van der Waals surface area contributed by atoms with Gasteiger partial charge in [0.25, 0.3) is 0 Å². The molecule has 0 bridgehead atoms. The standard InChI is InChI=1S/C12H9NO4/c14-10(5-11(15)12(16)17)8-6-13-9-4-2-1-3-7(8)9/h1-4,6,13H,5H2,(H,16,17). The van der Waals surface area contributed by atoms with Crippen molar-refractivity contribution in [1.29, 1.82) is 0 Å². The number of benzene rings is 1. The van der Waals surface area contributed by atoms with Crippen LogP contribution in [0, 0.1) is 0 Å². The van der Waals surface area contributed by atoms with Crippen molar-refractivity contribution in [3.8, 4) is 0 Å². The Morgan fingerprint density at radius 3 is 2.59 bits per heavy atom. The number of hydrogen-bond donors (Lipinski definition) is 2. The number of aliphatic carboxylic acids is 1. The molecule has 0 radical (unpaired) electrons. The number of fused-ring (bicyclic) bond motifs is 1.